The van der Waals surface area contributed by atoms with Crippen molar-refractivity contribution in [1.82, 2.24) is 29.4 Å². The molecule has 1 aliphatic carbocycles. The third-order valence-electron chi connectivity index (χ3n) is 5.92. The Labute approximate surface area is 162 Å². The molecular weight excluding hydrogens is 352 g/mol. The highest BCUT2D eigenvalue weighted by atomic mass is 16.1. The SMILES string of the molecule is Cc1nn2c(nnc3c(=O)n(C4CCCCC4C)cnc32)c1-c1ccccc1. The molecule has 3 aromatic heterocycles. The Hall–Kier alpha value is -3.09. The molecule has 0 N–H and O–H groups in total. The molecule has 1 aliphatic rings. The summed E-state index contributed by atoms with van der Waals surface area (Å²) in [5.74, 6) is 0.457. The van der Waals surface area contributed by atoms with Crippen LogP contribution >= 0.6 is 0 Å². The van der Waals surface area contributed by atoms with Crippen LogP contribution in [0.25, 0.3) is 27.9 Å². The van der Waals surface area contributed by atoms with Gasteiger partial charge in [0, 0.05) is 6.04 Å². The predicted octanol–water partition coefficient (Wildman–Crippen LogP) is 3.56. The summed E-state index contributed by atoms with van der Waals surface area (Å²) < 4.78 is 3.40. The van der Waals surface area contributed by atoms with Gasteiger partial charge in [-0.1, -0.05) is 50.1 Å². The molecule has 0 aliphatic heterocycles. The zero-order chi connectivity index (χ0) is 19.3. The zero-order valence-corrected chi connectivity index (χ0v) is 16.0. The fraction of sp³-hybridized carbons (Fsp3) is 0.381. The highest BCUT2D eigenvalue weighted by molar-refractivity contribution is 5.83. The Morgan fingerprint density at radius 2 is 1.82 bits per heavy atom. The molecule has 4 aromatic rings. The molecule has 7 nitrogen and oxygen atoms in total. The van der Waals surface area contributed by atoms with E-state index in [9.17, 15) is 4.79 Å². The lowest BCUT2D eigenvalue weighted by Crippen LogP contribution is -2.31. The Bertz CT molecular complexity index is 1230. The maximum absolute atomic E-state index is 13.2. The van der Waals surface area contributed by atoms with Crippen LogP contribution < -0.4 is 5.56 Å². The second-order valence-corrected chi connectivity index (χ2v) is 7.72. The average Bonchev–Trinajstić information content (AvgIpc) is 3.06. The van der Waals surface area contributed by atoms with Gasteiger partial charge >= 0.3 is 0 Å². The van der Waals surface area contributed by atoms with E-state index in [1.54, 1.807) is 15.4 Å². The molecule has 2 unspecified atom stereocenters. The van der Waals surface area contributed by atoms with Crippen LogP contribution in [-0.4, -0.2) is 29.4 Å². The van der Waals surface area contributed by atoms with Gasteiger partial charge in [-0.25, -0.2) is 4.98 Å². The van der Waals surface area contributed by atoms with Gasteiger partial charge in [-0.05, 0) is 31.2 Å². The Kier molecular flexibility index (Phi) is 3.96. The van der Waals surface area contributed by atoms with Gasteiger partial charge in [0.05, 0.1) is 11.3 Å². The van der Waals surface area contributed by atoms with Crippen molar-refractivity contribution in [2.75, 3.05) is 0 Å². The second-order valence-electron chi connectivity index (χ2n) is 7.72. The van der Waals surface area contributed by atoms with Crippen molar-refractivity contribution < 1.29 is 0 Å². The highest BCUT2D eigenvalue weighted by Gasteiger charge is 2.25. The van der Waals surface area contributed by atoms with Crippen LogP contribution in [0.15, 0.2) is 41.5 Å². The van der Waals surface area contributed by atoms with Gasteiger partial charge < -0.3 is 0 Å². The first kappa shape index (κ1) is 17.0. The first-order valence-corrected chi connectivity index (χ1v) is 9.83. The number of nitrogens with zero attached hydrogens (tertiary/aromatic N) is 6. The van der Waals surface area contributed by atoms with E-state index in [0.717, 1.165) is 36.1 Å². The third-order valence-corrected chi connectivity index (χ3v) is 5.92. The minimum Gasteiger partial charge on any atom is -0.294 e. The Morgan fingerprint density at radius 1 is 1.04 bits per heavy atom. The summed E-state index contributed by atoms with van der Waals surface area (Å²) in [6, 6.07) is 10.2. The molecule has 3 heterocycles. The van der Waals surface area contributed by atoms with Crippen molar-refractivity contribution in [3.63, 3.8) is 0 Å². The smallest absolute Gasteiger partial charge is 0.283 e. The fourth-order valence-electron chi connectivity index (χ4n) is 4.43. The average molecular weight is 374 g/mol. The van der Waals surface area contributed by atoms with E-state index >= 15 is 0 Å². The van der Waals surface area contributed by atoms with Crippen LogP contribution in [0.2, 0.25) is 0 Å². The van der Waals surface area contributed by atoms with Crippen molar-refractivity contribution in [2.45, 2.75) is 45.6 Å². The summed E-state index contributed by atoms with van der Waals surface area (Å²) >= 11 is 0. The van der Waals surface area contributed by atoms with Gasteiger partial charge in [0.15, 0.2) is 16.8 Å². The number of fused-ring (bicyclic) bond motifs is 3. The topological polar surface area (TPSA) is 78.0 Å². The van der Waals surface area contributed by atoms with Gasteiger partial charge in [-0.2, -0.15) is 9.61 Å². The van der Waals surface area contributed by atoms with Gasteiger partial charge in [0.25, 0.3) is 5.56 Å². The Balaban J connectivity index is 1.72. The van der Waals surface area contributed by atoms with Crippen molar-refractivity contribution in [3.05, 3.63) is 52.7 Å². The zero-order valence-electron chi connectivity index (χ0n) is 16.0. The number of aryl methyl sites for hydroxylation is 1. The normalized spacial score (nSPS) is 20.1. The maximum Gasteiger partial charge on any atom is 0.283 e. The van der Waals surface area contributed by atoms with Crippen LogP contribution in [-0.2, 0) is 0 Å². The summed E-state index contributed by atoms with van der Waals surface area (Å²) in [4.78, 5) is 17.7. The number of rotatable bonds is 2. The van der Waals surface area contributed by atoms with E-state index in [-0.39, 0.29) is 17.1 Å². The maximum atomic E-state index is 13.2. The monoisotopic (exact) mass is 374 g/mol. The quantitative estimate of drug-likeness (QED) is 0.536. The number of aromatic nitrogens is 6. The van der Waals surface area contributed by atoms with Gasteiger partial charge in [-0.15, -0.1) is 10.2 Å². The molecule has 0 spiro atoms. The van der Waals surface area contributed by atoms with Crippen LogP contribution in [0.5, 0.6) is 0 Å². The number of hydrogen-bond donors (Lipinski definition) is 0. The van der Waals surface area contributed by atoms with Crippen molar-refractivity contribution in [2.24, 2.45) is 5.92 Å². The molecule has 1 saturated carbocycles. The molecule has 0 radical (unpaired) electrons. The third kappa shape index (κ3) is 2.53. The fourth-order valence-corrected chi connectivity index (χ4v) is 4.43. The van der Waals surface area contributed by atoms with Crippen molar-refractivity contribution >= 4 is 16.8 Å². The van der Waals surface area contributed by atoms with E-state index in [2.05, 4.69) is 27.2 Å². The first-order chi connectivity index (χ1) is 13.6. The predicted molar refractivity (Wildman–Crippen MR) is 107 cm³/mol. The number of hydrogen-bond acceptors (Lipinski definition) is 5. The highest BCUT2D eigenvalue weighted by Crippen LogP contribution is 2.33. The van der Waals surface area contributed by atoms with E-state index < -0.39 is 0 Å². The van der Waals surface area contributed by atoms with Crippen LogP contribution in [0.3, 0.4) is 0 Å². The lowest BCUT2D eigenvalue weighted by molar-refractivity contribution is 0.251. The summed E-state index contributed by atoms with van der Waals surface area (Å²) in [5, 5.41) is 13.3. The van der Waals surface area contributed by atoms with E-state index in [1.807, 2.05) is 37.3 Å². The first-order valence-electron chi connectivity index (χ1n) is 9.83. The van der Waals surface area contributed by atoms with Gasteiger partial charge in [0.1, 0.15) is 6.33 Å². The van der Waals surface area contributed by atoms with E-state index in [0.29, 0.717) is 17.2 Å². The summed E-state index contributed by atoms with van der Waals surface area (Å²) in [6.07, 6.45) is 6.17. The van der Waals surface area contributed by atoms with E-state index in [4.69, 9.17) is 0 Å². The minimum atomic E-state index is -0.132. The largest absolute Gasteiger partial charge is 0.294 e. The standard InChI is InChI=1S/C21H22N6O/c1-13-8-6-7-11-16(13)26-12-22-20-18(21(26)28)23-24-19-17(14(2)25-27(19)20)15-9-4-3-5-10-15/h3-5,9-10,12-13,16H,6-8,11H2,1-2H3. The van der Waals surface area contributed by atoms with Crippen molar-refractivity contribution in [3.8, 4) is 11.1 Å². The van der Waals surface area contributed by atoms with Crippen LogP contribution in [0.1, 0.15) is 44.3 Å². The molecule has 0 saturated heterocycles. The molecule has 0 bridgehead atoms. The molecule has 1 aromatic carbocycles. The molecule has 28 heavy (non-hydrogen) atoms. The van der Waals surface area contributed by atoms with Gasteiger partial charge in [-0.3, -0.25) is 9.36 Å². The summed E-state index contributed by atoms with van der Waals surface area (Å²) in [7, 11) is 0. The minimum absolute atomic E-state index is 0.132. The van der Waals surface area contributed by atoms with Crippen LogP contribution in [0, 0.1) is 12.8 Å². The lowest BCUT2D eigenvalue weighted by Gasteiger charge is -2.29. The molecule has 5 rings (SSSR count). The van der Waals surface area contributed by atoms with Crippen LogP contribution in [0.4, 0.5) is 0 Å². The Morgan fingerprint density at radius 3 is 2.61 bits per heavy atom. The lowest BCUT2D eigenvalue weighted by atomic mass is 9.86. The van der Waals surface area contributed by atoms with E-state index in [1.165, 1.54) is 6.42 Å². The molecule has 2 atom stereocenters. The molecule has 7 heteroatoms. The van der Waals surface area contributed by atoms with Gasteiger partial charge in [0.2, 0.25) is 0 Å². The second kappa shape index (κ2) is 6.51. The number of benzene rings is 1. The molecule has 0 amide bonds. The summed E-state index contributed by atoms with van der Waals surface area (Å²) in [5.41, 5.74) is 3.99. The van der Waals surface area contributed by atoms with Crippen molar-refractivity contribution in [1.29, 1.82) is 0 Å². The molecule has 142 valence electrons. The molecule has 1 fully saturated rings. The summed E-state index contributed by atoms with van der Waals surface area (Å²) in [6.45, 7) is 4.14. The molecular formula is C21H22N6O.